The smallest absolute Gasteiger partial charge is 0.336 e. The maximum atomic E-state index is 12.6. The van der Waals surface area contributed by atoms with E-state index in [1.165, 1.54) is 45.8 Å². The molecule has 0 aliphatic carbocycles. The monoisotopic (exact) mass is 595 g/mol. The van der Waals surface area contributed by atoms with Gasteiger partial charge in [0.15, 0.2) is 11.5 Å². The maximum absolute atomic E-state index is 12.6. The molecule has 0 saturated heterocycles. The van der Waals surface area contributed by atoms with Gasteiger partial charge in [0.05, 0.1) is 34.1 Å². The van der Waals surface area contributed by atoms with E-state index in [4.69, 9.17) is 18.9 Å². The molecule has 0 bridgehead atoms. The molecular formula is C28H26BrN3O7. The Morgan fingerprint density at radius 1 is 0.897 bits per heavy atom. The first-order valence-electron chi connectivity index (χ1n) is 11.5. The van der Waals surface area contributed by atoms with Crippen LogP contribution < -0.4 is 29.7 Å². The summed E-state index contributed by atoms with van der Waals surface area (Å²) in [6.45, 7) is -0.350. The van der Waals surface area contributed by atoms with Crippen molar-refractivity contribution in [2.24, 2.45) is 5.10 Å². The molecule has 0 fully saturated rings. The van der Waals surface area contributed by atoms with Crippen LogP contribution in [0.5, 0.6) is 23.0 Å². The fourth-order valence-corrected chi connectivity index (χ4v) is 3.65. The summed E-state index contributed by atoms with van der Waals surface area (Å²) >= 11 is 3.36. The van der Waals surface area contributed by atoms with Crippen LogP contribution in [0.3, 0.4) is 0 Å². The summed E-state index contributed by atoms with van der Waals surface area (Å²) in [6, 6.07) is 17.2. The molecule has 0 aromatic heterocycles. The van der Waals surface area contributed by atoms with Gasteiger partial charge >= 0.3 is 5.97 Å². The number of nitrogens with zero attached hydrogens (tertiary/aromatic N) is 1. The molecule has 11 heteroatoms. The largest absolute Gasteiger partial charge is 0.493 e. The summed E-state index contributed by atoms with van der Waals surface area (Å²) in [4.78, 5) is 37.1. The van der Waals surface area contributed by atoms with Crippen LogP contribution in [-0.2, 0) is 9.59 Å². The average Bonchev–Trinajstić information content (AvgIpc) is 2.95. The number of carbonyl (C=O) groups is 3. The predicted molar refractivity (Wildman–Crippen MR) is 149 cm³/mol. The van der Waals surface area contributed by atoms with Crippen molar-refractivity contribution in [2.75, 3.05) is 27.9 Å². The third kappa shape index (κ3) is 8.44. The summed E-state index contributed by atoms with van der Waals surface area (Å²) in [7, 11) is 4.32. The van der Waals surface area contributed by atoms with Gasteiger partial charge < -0.3 is 24.3 Å². The quantitative estimate of drug-likeness (QED) is 0.113. The third-order valence-corrected chi connectivity index (χ3v) is 5.62. The maximum Gasteiger partial charge on any atom is 0.336 e. The van der Waals surface area contributed by atoms with Crippen molar-refractivity contribution in [3.63, 3.8) is 0 Å². The highest BCUT2D eigenvalue weighted by Gasteiger charge is 2.17. The highest BCUT2D eigenvalue weighted by atomic mass is 79.9. The first-order chi connectivity index (χ1) is 18.8. The summed E-state index contributed by atoms with van der Waals surface area (Å²) in [5.74, 6) is -0.490. The van der Waals surface area contributed by atoms with E-state index in [9.17, 15) is 14.4 Å². The van der Waals surface area contributed by atoms with Crippen LogP contribution in [0.15, 0.2) is 76.3 Å². The molecule has 2 N–H and O–H groups in total. The number of methoxy groups -OCH3 is 3. The molecule has 3 rings (SSSR count). The zero-order valence-electron chi connectivity index (χ0n) is 21.4. The number of amides is 2. The van der Waals surface area contributed by atoms with Crippen LogP contribution in [-0.4, -0.2) is 51.9 Å². The second kappa shape index (κ2) is 14.3. The minimum absolute atomic E-state index is 0.211. The highest BCUT2D eigenvalue weighted by Crippen LogP contribution is 2.38. The first kappa shape index (κ1) is 28.9. The molecule has 39 heavy (non-hydrogen) atoms. The number of benzene rings is 3. The first-order valence-corrected chi connectivity index (χ1v) is 12.3. The Morgan fingerprint density at radius 2 is 1.59 bits per heavy atom. The van der Waals surface area contributed by atoms with Gasteiger partial charge in [0.2, 0.25) is 5.75 Å². The number of nitrogens with one attached hydrogen (secondary N) is 2. The minimum atomic E-state index is -0.577. The van der Waals surface area contributed by atoms with Crippen molar-refractivity contribution in [2.45, 2.75) is 0 Å². The molecule has 0 aliphatic heterocycles. The standard InChI is InChI=1S/C28H26BrN3O7/c1-36-23-14-19(15-24(37-2)27(23)38-3)28(35)30-17-25(33)32-31-16-20-13-21(29)10-11-22(20)39-26(34)12-9-18-7-5-4-6-8-18/h4-16H,17H2,1-3H3,(H,30,35)(H,32,33)/b12-9+,31-16+. The predicted octanol–water partition coefficient (Wildman–Crippen LogP) is 3.97. The van der Waals surface area contributed by atoms with Gasteiger partial charge in [-0.05, 0) is 42.0 Å². The number of carbonyl (C=O) groups excluding carboxylic acids is 3. The third-order valence-electron chi connectivity index (χ3n) is 5.12. The van der Waals surface area contributed by atoms with Crippen LogP contribution in [0, 0.1) is 0 Å². The molecule has 202 valence electrons. The van der Waals surface area contributed by atoms with Crippen molar-refractivity contribution in [1.82, 2.24) is 10.7 Å². The SMILES string of the molecule is COc1cc(C(=O)NCC(=O)N/N=C/c2cc(Br)ccc2OC(=O)/C=C/c2ccccc2)cc(OC)c1OC. The van der Waals surface area contributed by atoms with Crippen LogP contribution >= 0.6 is 15.9 Å². The van der Waals surface area contributed by atoms with E-state index < -0.39 is 17.8 Å². The zero-order valence-corrected chi connectivity index (χ0v) is 23.0. The Labute approximate surface area is 233 Å². The number of hydrazone groups is 1. The van der Waals surface area contributed by atoms with Crippen LogP contribution in [0.4, 0.5) is 0 Å². The van der Waals surface area contributed by atoms with E-state index in [1.807, 2.05) is 30.3 Å². The van der Waals surface area contributed by atoms with E-state index in [1.54, 1.807) is 24.3 Å². The van der Waals surface area contributed by atoms with Gasteiger partial charge in [-0.3, -0.25) is 9.59 Å². The number of halogens is 1. The Balaban J connectivity index is 1.59. The summed E-state index contributed by atoms with van der Waals surface area (Å²) < 4.78 is 21.9. The molecule has 3 aromatic rings. The van der Waals surface area contributed by atoms with Gasteiger partial charge in [-0.2, -0.15) is 5.10 Å². The molecule has 0 radical (unpaired) electrons. The molecule has 2 amide bonds. The van der Waals surface area contributed by atoms with E-state index >= 15 is 0 Å². The Morgan fingerprint density at radius 3 is 2.23 bits per heavy atom. The average molecular weight is 596 g/mol. The molecule has 0 saturated carbocycles. The molecule has 0 heterocycles. The molecule has 0 spiro atoms. The van der Waals surface area contributed by atoms with Crippen molar-refractivity contribution in [3.05, 3.63) is 87.9 Å². The van der Waals surface area contributed by atoms with Gasteiger partial charge in [-0.25, -0.2) is 10.2 Å². The molecule has 3 aromatic carbocycles. The van der Waals surface area contributed by atoms with Crippen molar-refractivity contribution >= 4 is 46.0 Å². The number of hydrogen-bond acceptors (Lipinski definition) is 8. The minimum Gasteiger partial charge on any atom is -0.493 e. The lowest BCUT2D eigenvalue weighted by Gasteiger charge is -2.14. The van der Waals surface area contributed by atoms with Crippen molar-refractivity contribution in [3.8, 4) is 23.0 Å². The lowest BCUT2D eigenvalue weighted by Crippen LogP contribution is -2.35. The Kier molecular flexibility index (Phi) is 10.6. The molecular weight excluding hydrogens is 570 g/mol. The van der Waals surface area contributed by atoms with Gasteiger partial charge in [-0.1, -0.05) is 46.3 Å². The lowest BCUT2D eigenvalue weighted by atomic mass is 10.1. The molecule has 0 unspecified atom stereocenters. The fraction of sp³-hybridized carbons (Fsp3) is 0.143. The normalized spacial score (nSPS) is 10.8. The highest BCUT2D eigenvalue weighted by molar-refractivity contribution is 9.10. The lowest BCUT2D eigenvalue weighted by molar-refractivity contribution is -0.129. The van der Waals surface area contributed by atoms with E-state index in [-0.39, 0.29) is 17.9 Å². The number of ether oxygens (including phenoxy) is 4. The number of esters is 1. The van der Waals surface area contributed by atoms with Crippen molar-refractivity contribution < 1.29 is 33.3 Å². The van der Waals surface area contributed by atoms with E-state index in [0.29, 0.717) is 27.3 Å². The van der Waals surface area contributed by atoms with Crippen molar-refractivity contribution in [1.29, 1.82) is 0 Å². The number of rotatable bonds is 11. The van der Waals surface area contributed by atoms with Gasteiger partial charge in [0.1, 0.15) is 5.75 Å². The Bertz CT molecular complexity index is 1370. The van der Waals surface area contributed by atoms with E-state index in [0.717, 1.165) is 5.56 Å². The van der Waals surface area contributed by atoms with Gasteiger partial charge in [0.25, 0.3) is 11.8 Å². The molecule has 0 atom stereocenters. The summed E-state index contributed by atoms with van der Waals surface area (Å²) in [5.41, 5.74) is 3.83. The second-order valence-corrected chi connectivity index (χ2v) is 8.65. The van der Waals surface area contributed by atoms with Crippen LogP contribution in [0.1, 0.15) is 21.5 Å². The zero-order chi connectivity index (χ0) is 28.2. The van der Waals surface area contributed by atoms with Gasteiger partial charge in [0, 0.05) is 21.7 Å². The topological polar surface area (TPSA) is 125 Å². The van der Waals surface area contributed by atoms with Gasteiger partial charge in [-0.15, -0.1) is 0 Å². The van der Waals surface area contributed by atoms with Crippen LogP contribution in [0.25, 0.3) is 6.08 Å². The number of hydrogen-bond donors (Lipinski definition) is 2. The van der Waals surface area contributed by atoms with Crippen LogP contribution in [0.2, 0.25) is 0 Å². The molecule has 0 aliphatic rings. The molecule has 10 nitrogen and oxygen atoms in total. The fourth-order valence-electron chi connectivity index (χ4n) is 3.27. The second-order valence-electron chi connectivity index (χ2n) is 7.74. The van der Waals surface area contributed by atoms with E-state index in [2.05, 4.69) is 31.8 Å². The summed E-state index contributed by atoms with van der Waals surface area (Å²) in [6.07, 6.45) is 4.28. The Hall–Kier alpha value is -4.64. The summed E-state index contributed by atoms with van der Waals surface area (Å²) in [5, 5.41) is 6.41.